The highest BCUT2D eigenvalue weighted by Crippen LogP contribution is 2.27. The number of hydrogen-bond acceptors (Lipinski definition) is 4. The Hall–Kier alpha value is -2.99. The minimum atomic E-state index is -3.74. The molecule has 0 atom stereocenters. The number of ether oxygens (including phenoxy) is 1. The normalized spacial score (nSPS) is 11.1. The highest BCUT2D eigenvalue weighted by molar-refractivity contribution is 7.92. The third-order valence-corrected chi connectivity index (χ3v) is 5.73. The lowest BCUT2D eigenvalue weighted by atomic mass is 10.1. The molecule has 146 valence electrons. The van der Waals surface area contributed by atoms with Crippen LogP contribution in [0.2, 0.25) is 0 Å². The van der Waals surface area contributed by atoms with E-state index in [2.05, 4.69) is 22.2 Å². The minimum Gasteiger partial charge on any atom is -0.495 e. The first-order valence-electron chi connectivity index (χ1n) is 9.03. The molecule has 0 unspecified atom stereocenters. The van der Waals surface area contributed by atoms with E-state index in [1.165, 1.54) is 12.7 Å². The molecule has 0 heterocycles. The zero-order valence-electron chi connectivity index (χ0n) is 16.0. The molecule has 0 radical (unpaired) electrons. The molecule has 0 saturated carbocycles. The largest absolute Gasteiger partial charge is 0.495 e. The van der Waals surface area contributed by atoms with E-state index in [9.17, 15) is 8.42 Å². The van der Waals surface area contributed by atoms with Crippen molar-refractivity contribution in [1.82, 2.24) is 0 Å². The number of hydrogen-bond donors (Lipinski definition) is 2. The van der Waals surface area contributed by atoms with Gasteiger partial charge >= 0.3 is 0 Å². The monoisotopic (exact) mass is 396 g/mol. The summed E-state index contributed by atoms with van der Waals surface area (Å²) in [6.45, 7) is 2.64. The summed E-state index contributed by atoms with van der Waals surface area (Å²) in [5.74, 6) is 0.317. The van der Waals surface area contributed by atoms with Crippen LogP contribution in [0.3, 0.4) is 0 Å². The molecule has 3 aromatic rings. The molecule has 0 fully saturated rings. The molecule has 28 heavy (non-hydrogen) atoms. The molecule has 3 aromatic carbocycles. The molecule has 3 rings (SSSR count). The molecular weight excluding hydrogens is 372 g/mol. The predicted octanol–water partition coefficient (Wildman–Crippen LogP) is 4.46. The summed E-state index contributed by atoms with van der Waals surface area (Å²) in [4.78, 5) is 0.125. The number of rotatable bonds is 8. The summed E-state index contributed by atoms with van der Waals surface area (Å²) in [6.07, 6.45) is 0.919. The second-order valence-electron chi connectivity index (χ2n) is 6.50. The Morgan fingerprint density at radius 2 is 1.57 bits per heavy atom. The second-order valence-corrected chi connectivity index (χ2v) is 8.15. The maximum Gasteiger partial charge on any atom is 0.265 e. The van der Waals surface area contributed by atoms with Crippen molar-refractivity contribution in [3.05, 3.63) is 83.9 Å². The smallest absolute Gasteiger partial charge is 0.265 e. The third kappa shape index (κ3) is 5.04. The summed E-state index contributed by atoms with van der Waals surface area (Å²) in [6, 6.07) is 22.5. The summed E-state index contributed by atoms with van der Waals surface area (Å²) < 4.78 is 33.3. The number of sulfonamides is 1. The average Bonchev–Trinajstić information content (AvgIpc) is 2.70. The topological polar surface area (TPSA) is 67.4 Å². The summed E-state index contributed by atoms with van der Waals surface area (Å²) >= 11 is 0. The summed E-state index contributed by atoms with van der Waals surface area (Å²) in [7, 11) is -2.28. The Bertz CT molecular complexity index is 1020. The molecule has 6 heteroatoms. The van der Waals surface area contributed by atoms with E-state index in [-0.39, 0.29) is 4.90 Å². The summed E-state index contributed by atoms with van der Waals surface area (Å²) in [5.41, 5.74) is 3.55. The number of benzene rings is 3. The van der Waals surface area contributed by atoms with Crippen LogP contribution in [-0.4, -0.2) is 22.1 Å². The van der Waals surface area contributed by atoms with Crippen LogP contribution in [0.4, 0.5) is 11.4 Å². The molecule has 0 bridgehead atoms. The zero-order chi connectivity index (χ0) is 20.0. The molecule has 0 saturated heterocycles. The van der Waals surface area contributed by atoms with Gasteiger partial charge in [0.2, 0.25) is 0 Å². The molecule has 0 aromatic heterocycles. The van der Waals surface area contributed by atoms with Gasteiger partial charge in [0.05, 0.1) is 7.11 Å². The standard InChI is InChI=1S/C22H24N2O3S/c1-17-8-13-21(27-2)22(16-17)28(25,26)24-20-11-9-19(10-12-20)23-15-14-18-6-4-3-5-7-18/h3-13,16,23-24H,14-15H2,1-2H3. The third-order valence-electron chi connectivity index (χ3n) is 4.33. The van der Waals surface area contributed by atoms with Gasteiger partial charge in [-0.05, 0) is 60.9 Å². The van der Waals surface area contributed by atoms with Gasteiger partial charge in [-0.2, -0.15) is 0 Å². The number of anilines is 2. The zero-order valence-corrected chi connectivity index (χ0v) is 16.8. The van der Waals surface area contributed by atoms with Crippen LogP contribution in [0.15, 0.2) is 77.7 Å². The van der Waals surface area contributed by atoms with Crippen molar-refractivity contribution in [2.75, 3.05) is 23.7 Å². The SMILES string of the molecule is COc1ccc(C)cc1S(=O)(=O)Nc1ccc(NCCc2ccccc2)cc1. The van der Waals surface area contributed by atoms with Crippen molar-refractivity contribution in [1.29, 1.82) is 0 Å². The molecule has 0 spiro atoms. The number of methoxy groups -OCH3 is 1. The molecule has 0 aliphatic carbocycles. The van der Waals surface area contributed by atoms with E-state index >= 15 is 0 Å². The average molecular weight is 397 g/mol. The maximum atomic E-state index is 12.7. The van der Waals surface area contributed by atoms with Crippen molar-refractivity contribution < 1.29 is 13.2 Å². The lowest BCUT2D eigenvalue weighted by Crippen LogP contribution is -2.14. The first kappa shape index (κ1) is 19.8. The fourth-order valence-corrected chi connectivity index (χ4v) is 4.17. The van der Waals surface area contributed by atoms with Crippen molar-refractivity contribution in [3.8, 4) is 5.75 Å². The van der Waals surface area contributed by atoms with Gasteiger partial charge in [0, 0.05) is 17.9 Å². The van der Waals surface area contributed by atoms with Crippen LogP contribution in [-0.2, 0) is 16.4 Å². The van der Waals surface area contributed by atoms with E-state index < -0.39 is 10.0 Å². The van der Waals surface area contributed by atoms with Crippen LogP contribution >= 0.6 is 0 Å². The van der Waals surface area contributed by atoms with Gasteiger partial charge in [0.15, 0.2) is 0 Å². The van der Waals surface area contributed by atoms with Crippen molar-refractivity contribution in [3.63, 3.8) is 0 Å². The molecule has 0 aliphatic heterocycles. The van der Waals surface area contributed by atoms with Gasteiger partial charge in [-0.15, -0.1) is 0 Å². The quantitative estimate of drug-likeness (QED) is 0.590. The van der Waals surface area contributed by atoms with Crippen LogP contribution in [0.25, 0.3) is 0 Å². The molecular formula is C22H24N2O3S. The van der Waals surface area contributed by atoms with E-state index in [4.69, 9.17) is 4.74 Å². The van der Waals surface area contributed by atoms with Crippen LogP contribution in [0, 0.1) is 6.92 Å². The highest BCUT2D eigenvalue weighted by atomic mass is 32.2. The minimum absolute atomic E-state index is 0.125. The predicted molar refractivity (Wildman–Crippen MR) is 114 cm³/mol. The first-order chi connectivity index (χ1) is 13.5. The Morgan fingerprint density at radius 1 is 0.893 bits per heavy atom. The van der Waals surface area contributed by atoms with E-state index in [0.717, 1.165) is 24.2 Å². The first-order valence-corrected chi connectivity index (χ1v) is 10.5. The van der Waals surface area contributed by atoms with Gasteiger partial charge in [-0.3, -0.25) is 4.72 Å². The number of aryl methyl sites for hydroxylation is 1. The molecule has 2 N–H and O–H groups in total. The van der Waals surface area contributed by atoms with Crippen molar-refractivity contribution >= 4 is 21.4 Å². The van der Waals surface area contributed by atoms with E-state index in [0.29, 0.717) is 11.4 Å². The van der Waals surface area contributed by atoms with Gasteiger partial charge in [-0.1, -0.05) is 36.4 Å². The molecule has 5 nitrogen and oxygen atoms in total. The van der Waals surface area contributed by atoms with Crippen LogP contribution in [0.5, 0.6) is 5.75 Å². The second kappa shape index (κ2) is 8.80. The van der Waals surface area contributed by atoms with Crippen LogP contribution in [0.1, 0.15) is 11.1 Å². The van der Waals surface area contributed by atoms with Crippen molar-refractivity contribution in [2.45, 2.75) is 18.2 Å². The van der Waals surface area contributed by atoms with Gasteiger partial charge < -0.3 is 10.1 Å². The Labute approximate surface area is 166 Å². The molecule has 0 amide bonds. The maximum absolute atomic E-state index is 12.7. The van der Waals surface area contributed by atoms with Gasteiger partial charge in [-0.25, -0.2) is 8.42 Å². The van der Waals surface area contributed by atoms with Gasteiger partial charge in [0.25, 0.3) is 10.0 Å². The Kier molecular flexibility index (Phi) is 6.21. The number of nitrogens with one attached hydrogen (secondary N) is 2. The fraction of sp³-hybridized carbons (Fsp3) is 0.182. The molecule has 0 aliphatic rings. The van der Waals surface area contributed by atoms with Gasteiger partial charge in [0.1, 0.15) is 10.6 Å². The lowest BCUT2D eigenvalue weighted by Gasteiger charge is -2.13. The Morgan fingerprint density at radius 3 is 2.25 bits per heavy atom. The van der Waals surface area contributed by atoms with E-state index in [1.54, 1.807) is 24.3 Å². The van der Waals surface area contributed by atoms with E-state index in [1.807, 2.05) is 43.3 Å². The summed E-state index contributed by atoms with van der Waals surface area (Å²) in [5, 5.41) is 3.34. The fourth-order valence-electron chi connectivity index (χ4n) is 2.86. The lowest BCUT2D eigenvalue weighted by molar-refractivity contribution is 0.402. The van der Waals surface area contributed by atoms with Crippen LogP contribution < -0.4 is 14.8 Å². The van der Waals surface area contributed by atoms with Crippen molar-refractivity contribution in [2.24, 2.45) is 0 Å². The highest BCUT2D eigenvalue weighted by Gasteiger charge is 2.19. The Balaban J connectivity index is 1.64.